The normalized spacial score (nSPS) is 18.2. The van der Waals surface area contributed by atoms with Crippen LogP contribution in [0.1, 0.15) is 44.7 Å². The molecule has 3 nitrogen and oxygen atoms in total. The van der Waals surface area contributed by atoms with Crippen molar-refractivity contribution >= 4 is 5.91 Å². The van der Waals surface area contributed by atoms with Crippen molar-refractivity contribution in [2.24, 2.45) is 5.73 Å². The average molecular weight is 246 g/mol. The van der Waals surface area contributed by atoms with Crippen LogP contribution in [0.3, 0.4) is 0 Å². The zero-order valence-corrected chi connectivity index (χ0v) is 11.2. The first-order chi connectivity index (χ1) is 8.65. The Kier molecular flexibility index (Phi) is 4.02. The summed E-state index contributed by atoms with van der Waals surface area (Å²) in [6.07, 6.45) is 3.16. The van der Waals surface area contributed by atoms with Gasteiger partial charge >= 0.3 is 0 Å². The van der Waals surface area contributed by atoms with Crippen molar-refractivity contribution < 1.29 is 4.79 Å². The Labute approximate surface area is 109 Å². The van der Waals surface area contributed by atoms with E-state index in [1.54, 1.807) is 6.92 Å². The molecule has 0 aliphatic heterocycles. The summed E-state index contributed by atoms with van der Waals surface area (Å²) in [5.41, 5.74) is 6.99. The molecule has 0 bridgehead atoms. The van der Waals surface area contributed by atoms with E-state index in [1.807, 2.05) is 23.1 Å². The van der Waals surface area contributed by atoms with Crippen molar-refractivity contribution in [3.05, 3.63) is 35.9 Å². The fourth-order valence-electron chi connectivity index (χ4n) is 2.44. The number of carbonyl (C=O) groups is 1. The molecule has 1 aliphatic carbocycles. The highest BCUT2D eigenvalue weighted by Gasteiger charge is 2.38. The number of hydrogen-bond donors (Lipinski definition) is 1. The minimum atomic E-state index is -0.414. The maximum Gasteiger partial charge on any atom is 0.239 e. The number of nitrogens with zero attached hydrogens (tertiary/aromatic N) is 1. The first-order valence-corrected chi connectivity index (χ1v) is 6.77. The molecular weight excluding hydrogens is 224 g/mol. The van der Waals surface area contributed by atoms with Crippen molar-refractivity contribution in [3.63, 3.8) is 0 Å². The molecule has 0 unspecified atom stereocenters. The molecule has 1 aromatic carbocycles. The first-order valence-electron chi connectivity index (χ1n) is 6.77. The van der Waals surface area contributed by atoms with E-state index in [4.69, 9.17) is 5.73 Å². The Bertz CT molecular complexity index is 398. The van der Waals surface area contributed by atoms with E-state index >= 15 is 0 Å². The summed E-state index contributed by atoms with van der Waals surface area (Å²) in [4.78, 5) is 14.3. The number of rotatable bonds is 5. The molecule has 2 rings (SSSR count). The molecular formula is C15H22N2O. The van der Waals surface area contributed by atoms with Gasteiger partial charge in [-0.2, -0.15) is 0 Å². The molecule has 0 spiro atoms. The molecule has 2 N–H and O–H groups in total. The molecule has 1 saturated carbocycles. The maximum atomic E-state index is 12.3. The van der Waals surface area contributed by atoms with Crippen molar-refractivity contribution in [3.8, 4) is 0 Å². The first kappa shape index (κ1) is 13.1. The van der Waals surface area contributed by atoms with E-state index < -0.39 is 6.04 Å². The lowest BCUT2D eigenvalue weighted by Crippen LogP contribution is -2.45. The van der Waals surface area contributed by atoms with E-state index in [2.05, 4.69) is 19.1 Å². The van der Waals surface area contributed by atoms with Gasteiger partial charge in [0, 0.05) is 6.04 Å². The molecule has 98 valence electrons. The smallest absolute Gasteiger partial charge is 0.239 e. The molecule has 0 saturated heterocycles. The molecule has 1 aromatic rings. The maximum absolute atomic E-state index is 12.3. The van der Waals surface area contributed by atoms with Crippen LogP contribution in [0.4, 0.5) is 0 Å². The van der Waals surface area contributed by atoms with Crippen LogP contribution in [-0.4, -0.2) is 22.9 Å². The van der Waals surface area contributed by atoms with E-state index in [9.17, 15) is 4.79 Å². The van der Waals surface area contributed by atoms with E-state index in [0.29, 0.717) is 6.04 Å². The standard InChI is InChI=1S/C15H22N2O/c1-3-14(12-7-5-4-6-8-12)17(13-9-10-13)15(18)11(2)16/h4-8,11,13-14H,3,9-10,16H2,1-2H3/t11-,14-/m0/s1. The summed E-state index contributed by atoms with van der Waals surface area (Å²) in [6.45, 7) is 3.90. The van der Waals surface area contributed by atoms with E-state index in [0.717, 1.165) is 19.3 Å². The van der Waals surface area contributed by atoms with Gasteiger partial charge in [0.05, 0.1) is 12.1 Å². The highest BCUT2D eigenvalue weighted by molar-refractivity contribution is 5.82. The lowest BCUT2D eigenvalue weighted by molar-refractivity contribution is -0.135. The van der Waals surface area contributed by atoms with Gasteiger partial charge in [-0.1, -0.05) is 37.3 Å². The molecule has 2 atom stereocenters. The summed E-state index contributed by atoms with van der Waals surface area (Å²) in [7, 11) is 0. The Morgan fingerprint density at radius 2 is 2.00 bits per heavy atom. The second-order valence-electron chi connectivity index (χ2n) is 5.10. The van der Waals surface area contributed by atoms with Crippen LogP contribution in [0.5, 0.6) is 0 Å². The molecule has 0 aromatic heterocycles. The Morgan fingerprint density at radius 1 is 1.39 bits per heavy atom. The summed E-state index contributed by atoms with van der Waals surface area (Å²) in [5, 5.41) is 0. The molecule has 18 heavy (non-hydrogen) atoms. The predicted octanol–water partition coefficient (Wildman–Crippen LogP) is 2.48. The fraction of sp³-hybridized carbons (Fsp3) is 0.533. The Morgan fingerprint density at radius 3 is 2.44 bits per heavy atom. The fourth-order valence-corrected chi connectivity index (χ4v) is 2.44. The molecule has 3 heteroatoms. The summed E-state index contributed by atoms with van der Waals surface area (Å²) >= 11 is 0. The molecule has 1 fully saturated rings. The number of benzene rings is 1. The third-order valence-corrected chi connectivity index (χ3v) is 3.49. The minimum absolute atomic E-state index is 0.0770. The topological polar surface area (TPSA) is 46.3 Å². The molecule has 0 heterocycles. The highest BCUT2D eigenvalue weighted by atomic mass is 16.2. The number of carbonyl (C=O) groups excluding carboxylic acids is 1. The Hall–Kier alpha value is -1.35. The lowest BCUT2D eigenvalue weighted by Gasteiger charge is -2.33. The zero-order chi connectivity index (χ0) is 13.1. The van der Waals surface area contributed by atoms with Crippen LogP contribution >= 0.6 is 0 Å². The lowest BCUT2D eigenvalue weighted by atomic mass is 10.0. The van der Waals surface area contributed by atoms with Crippen LogP contribution in [0.25, 0.3) is 0 Å². The second-order valence-corrected chi connectivity index (χ2v) is 5.10. The van der Waals surface area contributed by atoms with Crippen molar-refractivity contribution in [2.75, 3.05) is 0 Å². The van der Waals surface area contributed by atoms with Gasteiger partial charge in [0.25, 0.3) is 0 Å². The van der Waals surface area contributed by atoms with Gasteiger partial charge in [-0.25, -0.2) is 0 Å². The Balaban J connectivity index is 2.25. The summed E-state index contributed by atoms with van der Waals surface area (Å²) in [5.74, 6) is 0.0770. The number of hydrogen-bond acceptors (Lipinski definition) is 2. The van der Waals surface area contributed by atoms with Crippen molar-refractivity contribution in [1.82, 2.24) is 4.90 Å². The van der Waals surface area contributed by atoms with Gasteiger partial charge in [0.2, 0.25) is 5.91 Å². The van der Waals surface area contributed by atoms with Gasteiger partial charge in [0.1, 0.15) is 0 Å². The van der Waals surface area contributed by atoms with Gasteiger partial charge in [-0.15, -0.1) is 0 Å². The van der Waals surface area contributed by atoms with Crippen molar-refractivity contribution in [2.45, 2.75) is 51.2 Å². The highest BCUT2D eigenvalue weighted by Crippen LogP contribution is 2.36. The SMILES string of the molecule is CC[C@@H](c1ccccc1)N(C(=O)[C@H](C)N)C1CC1. The van der Waals surface area contributed by atoms with Gasteiger partial charge in [-0.05, 0) is 31.7 Å². The van der Waals surface area contributed by atoms with Gasteiger partial charge < -0.3 is 10.6 Å². The second kappa shape index (κ2) is 5.53. The monoisotopic (exact) mass is 246 g/mol. The molecule has 0 radical (unpaired) electrons. The summed E-state index contributed by atoms with van der Waals surface area (Å²) in [6, 6.07) is 10.4. The zero-order valence-electron chi connectivity index (χ0n) is 11.2. The largest absolute Gasteiger partial charge is 0.331 e. The average Bonchev–Trinajstić information content (AvgIpc) is 3.20. The van der Waals surface area contributed by atoms with Crippen molar-refractivity contribution in [1.29, 1.82) is 0 Å². The molecule has 1 amide bonds. The van der Waals surface area contributed by atoms with Crippen LogP contribution in [0.15, 0.2) is 30.3 Å². The van der Waals surface area contributed by atoms with E-state index in [-0.39, 0.29) is 11.9 Å². The van der Waals surface area contributed by atoms with Crippen LogP contribution in [0.2, 0.25) is 0 Å². The summed E-state index contributed by atoms with van der Waals surface area (Å²) < 4.78 is 0. The third-order valence-electron chi connectivity index (χ3n) is 3.49. The van der Waals surface area contributed by atoms with Crippen LogP contribution in [0, 0.1) is 0 Å². The van der Waals surface area contributed by atoms with Crippen LogP contribution < -0.4 is 5.73 Å². The van der Waals surface area contributed by atoms with Crippen LogP contribution in [-0.2, 0) is 4.79 Å². The predicted molar refractivity (Wildman–Crippen MR) is 73.0 cm³/mol. The van der Waals surface area contributed by atoms with E-state index in [1.165, 1.54) is 5.56 Å². The quantitative estimate of drug-likeness (QED) is 0.867. The molecule has 1 aliphatic rings. The third kappa shape index (κ3) is 2.72. The number of amides is 1. The number of nitrogens with two attached hydrogens (primary N) is 1. The minimum Gasteiger partial charge on any atom is -0.331 e. The van der Waals surface area contributed by atoms with Gasteiger partial charge in [0.15, 0.2) is 0 Å². The van der Waals surface area contributed by atoms with Gasteiger partial charge in [-0.3, -0.25) is 4.79 Å².